The fraction of sp³-hybridized carbons (Fsp3) is 0.294. The minimum absolute atomic E-state index is 0.0346. The van der Waals surface area contributed by atoms with Crippen LogP contribution < -0.4 is 16.0 Å². The van der Waals surface area contributed by atoms with Crippen LogP contribution in [0, 0.1) is 6.92 Å². The van der Waals surface area contributed by atoms with Crippen molar-refractivity contribution < 1.29 is 23.8 Å². The van der Waals surface area contributed by atoms with Crippen molar-refractivity contribution in [1.82, 2.24) is 4.98 Å². The van der Waals surface area contributed by atoms with Gasteiger partial charge in [-0.15, -0.1) is 11.3 Å². The lowest BCUT2D eigenvalue weighted by molar-refractivity contribution is -0.635. The third-order valence-electron chi connectivity index (χ3n) is 3.57. The van der Waals surface area contributed by atoms with E-state index in [0.29, 0.717) is 0 Å². The molecule has 0 saturated heterocycles. The van der Waals surface area contributed by atoms with E-state index in [0.717, 1.165) is 27.0 Å². The second-order valence-corrected chi connectivity index (χ2v) is 8.24. The average Bonchev–Trinajstić information content (AvgIpc) is 2.52. The Morgan fingerprint density at radius 3 is 2.44 bits per heavy atom. The van der Waals surface area contributed by atoms with Gasteiger partial charge in [0, 0.05) is 11.6 Å². The predicted octanol–water partition coefficient (Wildman–Crippen LogP) is 0.739. The number of hydrogen-bond donors (Lipinski definition) is 1. The van der Waals surface area contributed by atoms with Crippen LogP contribution in [0.1, 0.15) is 31.9 Å². The van der Waals surface area contributed by atoms with Crippen molar-refractivity contribution in [2.75, 3.05) is 0 Å². The summed E-state index contributed by atoms with van der Waals surface area (Å²) in [5, 5.41) is 15.6. The lowest BCUT2D eigenvalue weighted by atomic mass is 9.86. The molecule has 1 unspecified atom stereocenters. The molecule has 1 aromatic rings. The lowest BCUT2D eigenvalue weighted by Gasteiger charge is -2.18. The topological polar surface area (TPSA) is 111 Å². The highest BCUT2D eigenvalue weighted by atomic mass is 32.2. The molecule has 0 aromatic heterocycles. The molecule has 1 aliphatic carbocycles. The Balaban J connectivity index is 0.000000399. The molecule has 1 aromatic carbocycles. The van der Waals surface area contributed by atoms with Gasteiger partial charge in [-0.05, 0) is 36.1 Å². The van der Waals surface area contributed by atoms with E-state index in [2.05, 4.69) is 62.4 Å². The molecule has 25 heavy (non-hydrogen) atoms. The quantitative estimate of drug-likeness (QED) is 0.290. The van der Waals surface area contributed by atoms with Crippen molar-refractivity contribution >= 4 is 32.9 Å². The Labute approximate surface area is 152 Å². The summed E-state index contributed by atoms with van der Waals surface area (Å²) in [4.78, 5) is 5.94. The van der Waals surface area contributed by atoms with Gasteiger partial charge in [-0.1, -0.05) is 26.8 Å². The molecule has 2 aliphatic rings. The van der Waals surface area contributed by atoms with Gasteiger partial charge in [0.1, 0.15) is 0 Å². The Morgan fingerprint density at radius 2 is 1.88 bits per heavy atom. The Hall–Kier alpha value is -1.71. The van der Waals surface area contributed by atoms with E-state index >= 15 is 0 Å². The first-order chi connectivity index (χ1) is 11.6. The van der Waals surface area contributed by atoms with Gasteiger partial charge >= 0.3 is 0 Å². The number of aromatic nitrogens is 1. The van der Waals surface area contributed by atoms with E-state index in [4.69, 9.17) is 24.4 Å². The summed E-state index contributed by atoms with van der Waals surface area (Å²) in [6, 6.07) is 10.6. The van der Waals surface area contributed by atoms with Crippen molar-refractivity contribution in [3.05, 3.63) is 46.8 Å². The lowest BCUT2D eigenvalue weighted by Crippen LogP contribution is -2.49. The van der Waals surface area contributed by atoms with Gasteiger partial charge in [0.05, 0.1) is 32.1 Å². The van der Waals surface area contributed by atoms with E-state index in [9.17, 15) is 0 Å². The third kappa shape index (κ3) is 4.90. The molecule has 0 radical (unpaired) electrons. The molecule has 6 nitrogen and oxygen atoms in total. The first-order valence-corrected chi connectivity index (χ1v) is 9.27. The zero-order valence-electron chi connectivity index (χ0n) is 14.4. The maximum absolute atomic E-state index is 8.83. The number of nitrogens with two attached hydrogens (primary N) is 1. The van der Waals surface area contributed by atoms with E-state index < -0.39 is 11.4 Å². The Bertz CT molecular complexity index is 948. The minimum atomic E-state index is -2.88. The number of rotatable bonds is 1. The summed E-state index contributed by atoms with van der Waals surface area (Å²) in [7, 11) is 0. The normalized spacial score (nSPS) is 12.7. The predicted molar refractivity (Wildman–Crippen MR) is 94.7 cm³/mol. The Kier molecular flexibility index (Phi) is 6.02. The van der Waals surface area contributed by atoms with Crippen LogP contribution in [-0.2, 0) is 21.1 Å². The van der Waals surface area contributed by atoms with Crippen LogP contribution in [0.2, 0.25) is 0 Å². The monoisotopic (exact) mass is 379 g/mol. The molecule has 2 N–H and O–H groups in total. The van der Waals surface area contributed by atoms with E-state index in [1.54, 1.807) is 11.3 Å². The van der Waals surface area contributed by atoms with Gasteiger partial charge in [-0.25, -0.2) is 9.19 Å². The van der Waals surface area contributed by atoms with Gasteiger partial charge in [0.15, 0.2) is 0 Å². The van der Waals surface area contributed by atoms with Crippen LogP contribution in [0.3, 0.4) is 0 Å². The largest absolute Gasteiger partial charge is 0.750 e. The highest BCUT2D eigenvalue weighted by molar-refractivity contribution is 7.73. The van der Waals surface area contributed by atoms with Gasteiger partial charge in [0.2, 0.25) is 5.36 Å². The smallest absolute Gasteiger partial charge is 0.201 e. The molecule has 0 amide bonds. The molecule has 1 atom stereocenters. The summed E-state index contributed by atoms with van der Waals surface area (Å²) in [5.74, 6) is 0. The second-order valence-electron chi connectivity index (χ2n) is 6.61. The molecule has 8 heteroatoms. The first-order valence-electron chi connectivity index (χ1n) is 7.45. The summed E-state index contributed by atoms with van der Waals surface area (Å²) in [5.41, 5.74) is 4.54. The maximum Gasteiger partial charge on any atom is 0.201 e. The number of hydrogen-bond acceptors (Lipinski definition) is 6. The number of benzene rings is 2. The van der Waals surface area contributed by atoms with Crippen LogP contribution in [0.4, 0.5) is 0 Å². The van der Waals surface area contributed by atoms with Crippen molar-refractivity contribution in [1.29, 1.82) is 0 Å². The van der Waals surface area contributed by atoms with Crippen molar-refractivity contribution in [2.45, 2.75) is 33.1 Å². The van der Waals surface area contributed by atoms with E-state index in [1.165, 1.54) is 10.3 Å². The molecule has 134 valence electrons. The molecule has 0 spiro atoms. The highest BCUT2D eigenvalue weighted by Crippen LogP contribution is 2.32. The van der Waals surface area contributed by atoms with Crippen LogP contribution >= 0.6 is 11.3 Å². The molecule has 1 aliphatic heterocycles. The van der Waals surface area contributed by atoms with Crippen LogP contribution in [0.15, 0.2) is 30.3 Å². The van der Waals surface area contributed by atoms with Gasteiger partial charge < -0.3 is 14.1 Å². The molecule has 1 heterocycles. The summed E-state index contributed by atoms with van der Waals surface area (Å²) >= 11 is -1.12. The Morgan fingerprint density at radius 1 is 1.24 bits per heavy atom. The molecular weight excluding hydrogens is 360 g/mol. The van der Waals surface area contributed by atoms with Crippen LogP contribution in [-0.4, -0.2) is 13.7 Å². The second kappa shape index (κ2) is 7.67. The maximum atomic E-state index is 8.83. The van der Waals surface area contributed by atoms with Gasteiger partial charge in [0.25, 0.3) is 0 Å². The minimum Gasteiger partial charge on any atom is -0.750 e. The van der Waals surface area contributed by atoms with Crippen molar-refractivity contribution in [3.8, 4) is 10.6 Å². The van der Waals surface area contributed by atoms with E-state index in [1.807, 2.05) is 0 Å². The highest BCUT2D eigenvalue weighted by Gasteiger charge is 2.21. The zero-order chi connectivity index (χ0) is 18.8. The molecular formula is C17H19N2O4S2-. The fourth-order valence-corrected chi connectivity index (χ4v) is 3.54. The SMILES string of the molecule is Cc1ccc2nc3cc(C(C)(C)C)c(=[NH2+])cc-3sc2c1.O=S([O-])O[O-]. The summed E-state index contributed by atoms with van der Waals surface area (Å²) in [6.45, 7) is 8.64. The molecule has 0 fully saturated rings. The van der Waals surface area contributed by atoms with Gasteiger partial charge in [-0.3, -0.25) is 5.41 Å². The standard InChI is InChI=1S/C17H18N2S.H2O4S/c1-10-5-6-13-15(7-10)20-16-9-12(18)11(17(2,3)4)8-14(16)19-13;1-4-5(2)3/h5-9,18H,1-4H3;1H,(H,2,3)/p-1. The summed E-state index contributed by atoms with van der Waals surface area (Å²) in [6.07, 6.45) is 0. The van der Waals surface area contributed by atoms with Crippen molar-refractivity contribution in [3.63, 3.8) is 0 Å². The number of nitrogens with zero attached hydrogens (tertiary/aromatic N) is 1. The molecule has 3 rings (SSSR count). The fourth-order valence-electron chi connectivity index (χ4n) is 2.45. The number of fused-ring (bicyclic) bond motifs is 2. The van der Waals surface area contributed by atoms with Crippen molar-refractivity contribution in [2.24, 2.45) is 0 Å². The summed E-state index contributed by atoms with van der Waals surface area (Å²) < 4.78 is 21.3. The van der Waals surface area contributed by atoms with Crippen LogP contribution in [0.25, 0.3) is 20.8 Å². The van der Waals surface area contributed by atoms with Crippen LogP contribution in [0.5, 0.6) is 0 Å². The third-order valence-corrected chi connectivity index (χ3v) is 4.78. The molecule has 0 saturated carbocycles. The zero-order valence-corrected chi connectivity index (χ0v) is 16.0. The average molecular weight is 379 g/mol. The van der Waals surface area contributed by atoms with E-state index in [-0.39, 0.29) is 5.41 Å². The number of aryl methyl sites for hydroxylation is 1. The van der Waals surface area contributed by atoms with Gasteiger partial charge in [-0.2, -0.15) is 0 Å². The first kappa shape index (κ1) is 19.6. The molecule has 0 bridgehead atoms.